The van der Waals surface area contributed by atoms with E-state index in [1.54, 1.807) is 30.1 Å². The molecule has 0 spiro atoms. The molecule has 2 N–H and O–H groups in total. The van der Waals surface area contributed by atoms with Gasteiger partial charge >= 0.3 is 0 Å². The van der Waals surface area contributed by atoms with Crippen LogP contribution < -0.4 is 20.3 Å². The van der Waals surface area contributed by atoms with Gasteiger partial charge in [0.2, 0.25) is 0 Å². The minimum Gasteiger partial charge on any atom is -0.483 e. The van der Waals surface area contributed by atoms with Crippen molar-refractivity contribution in [3.63, 3.8) is 0 Å². The number of anilines is 2. The van der Waals surface area contributed by atoms with Crippen LogP contribution in [-0.4, -0.2) is 95.7 Å². The van der Waals surface area contributed by atoms with E-state index >= 15 is 0 Å². The third kappa shape index (κ3) is 4.71. The molecule has 1 aromatic carbocycles. The van der Waals surface area contributed by atoms with Crippen molar-refractivity contribution in [1.82, 2.24) is 24.4 Å². The molecule has 11 nitrogen and oxygen atoms in total. The number of rotatable bonds is 1. The highest BCUT2D eigenvalue weighted by Gasteiger charge is 2.34. The molecular weight excluding hydrogens is 532 g/mol. The second kappa shape index (κ2) is 10.4. The van der Waals surface area contributed by atoms with Crippen molar-refractivity contribution < 1.29 is 14.3 Å². The lowest BCUT2D eigenvalue weighted by Gasteiger charge is -2.39. The molecule has 40 heavy (non-hydrogen) atoms. The summed E-state index contributed by atoms with van der Waals surface area (Å²) in [5, 5.41) is 5.49. The van der Waals surface area contributed by atoms with Gasteiger partial charge in [0.25, 0.3) is 11.8 Å². The second-order valence-corrected chi connectivity index (χ2v) is 11.5. The minimum absolute atomic E-state index is 0.133. The Bertz CT molecular complexity index is 1470. The van der Waals surface area contributed by atoms with Gasteiger partial charge in [-0.25, -0.2) is 4.98 Å². The van der Waals surface area contributed by atoms with Gasteiger partial charge in [-0.05, 0) is 44.4 Å². The number of aromatic nitrogens is 3. The fourth-order valence-corrected chi connectivity index (χ4v) is 6.06. The van der Waals surface area contributed by atoms with Crippen LogP contribution in [0, 0.1) is 6.92 Å². The normalized spacial score (nSPS) is 21.0. The molecule has 0 radical (unpaired) electrons. The number of likely N-dealkylation sites (N-methyl/N-ethyl adjacent to an activating group) is 2. The highest BCUT2D eigenvalue weighted by molar-refractivity contribution is 6.31. The average molecular weight is 567 g/mol. The molecule has 6 rings (SSSR count). The number of fused-ring (bicyclic) bond motifs is 4. The quantitative estimate of drug-likeness (QED) is 0.478. The van der Waals surface area contributed by atoms with Crippen LogP contribution in [0.5, 0.6) is 5.75 Å². The Labute approximate surface area is 238 Å². The lowest BCUT2D eigenvalue weighted by Crippen LogP contribution is -2.56. The van der Waals surface area contributed by atoms with Crippen molar-refractivity contribution in [2.75, 3.05) is 63.2 Å². The summed E-state index contributed by atoms with van der Waals surface area (Å²) >= 11 is 6.32. The predicted octanol–water partition coefficient (Wildman–Crippen LogP) is 2.49. The predicted molar refractivity (Wildman–Crippen MR) is 153 cm³/mol. The van der Waals surface area contributed by atoms with E-state index in [1.165, 1.54) is 0 Å². The topological polar surface area (TPSA) is 113 Å². The van der Waals surface area contributed by atoms with Gasteiger partial charge in [-0.1, -0.05) is 11.6 Å². The van der Waals surface area contributed by atoms with Gasteiger partial charge in [-0.3, -0.25) is 9.59 Å². The van der Waals surface area contributed by atoms with Gasteiger partial charge < -0.3 is 30.1 Å². The first-order valence-electron chi connectivity index (χ1n) is 13.8. The third-order valence-electron chi connectivity index (χ3n) is 8.20. The van der Waals surface area contributed by atoms with E-state index in [4.69, 9.17) is 32.2 Å². The Balaban J connectivity index is 1.50. The molecule has 2 aromatic heterocycles. The monoisotopic (exact) mass is 566 g/mol. The third-order valence-corrected chi connectivity index (χ3v) is 8.43. The van der Waals surface area contributed by atoms with Crippen LogP contribution in [0.2, 0.25) is 5.02 Å². The van der Waals surface area contributed by atoms with E-state index in [-0.39, 0.29) is 30.5 Å². The summed E-state index contributed by atoms with van der Waals surface area (Å²) in [5.74, 6) is 1.76. The zero-order chi connectivity index (χ0) is 28.1. The Hall–Kier alpha value is -3.57. The number of amides is 2. The molecule has 3 aromatic rings. The lowest BCUT2D eigenvalue weighted by atomic mass is 9.98. The summed E-state index contributed by atoms with van der Waals surface area (Å²) in [4.78, 5) is 39.8. The number of benzene rings is 1. The number of carbonyl (C=O) groups excluding carboxylic acids is 2. The van der Waals surface area contributed by atoms with Crippen LogP contribution in [0.25, 0.3) is 5.65 Å². The number of hydrogen-bond acceptors (Lipinski definition) is 8. The van der Waals surface area contributed by atoms with Gasteiger partial charge in [0.05, 0.1) is 17.3 Å². The van der Waals surface area contributed by atoms with Gasteiger partial charge in [-0.2, -0.15) is 9.61 Å². The van der Waals surface area contributed by atoms with Crippen LogP contribution in [0.15, 0.2) is 24.3 Å². The molecule has 2 amide bonds. The number of carbonyl (C=O) groups is 2. The van der Waals surface area contributed by atoms with E-state index < -0.39 is 0 Å². The Morgan fingerprint density at radius 2 is 1.82 bits per heavy atom. The number of piperidine rings is 1. The molecular formula is C28H35ClN8O3. The summed E-state index contributed by atoms with van der Waals surface area (Å²) < 4.78 is 7.80. The van der Waals surface area contributed by atoms with Crippen LogP contribution in [0.3, 0.4) is 0 Å². The van der Waals surface area contributed by atoms with Crippen molar-refractivity contribution >= 4 is 40.7 Å². The van der Waals surface area contributed by atoms with Crippen molar-refractivity contribution in [1.29, 1.82) is 0 Å². The number of ether oxygens (including phenoxy) is 1. The lowest BCUT2D eigenvalue weighted by molar-refractivity contribution is -0.131. The molecule has 2 bridgehead atoms. The molecule has 2 fully saturated rings. The number of hydrogen-bond donors (Lipinski definition) is 1. The van der Waals surface area contributed by atoms with Gasteiger partial charge in [0.1, 0.15) is 17.4 Å². The number of nitrogens with zero attached hydrogens (tertiary/aromatic N) is 7. The highest BCUT2D eigenvalue weighted by Crippen LogP contribution is 2.37. The number of halogens is 1. The van der Waals surface area contributed by atoms with Gasteiger partial charge in [-0.15, -0.1) is 0 Å². The maximum Gasteiger partial charge on any atom is 0.260 e. The summed E-state index contributed by atoms with van der Waals surface area (Å²) in [6.07, 6.45) is 2.66. The summed E-state index contributed by atoms with van der Waals surface area (Å²) in [7, 11) is 3.76. The molecule has 3 aliphatic heterocycles. The first kappa shape index (κ1) is 26.6. The first-order chi connectivity index (χ1) is 19.2. The van der Waals surface area contributed by atoms with E-state index in [1.807, 2.05) is 22.5 Å². The van der Waals surface area contributed by atoms with Crippen LogP contribution in [0.1, 0.15) is 46.9 Å². The molecule has 212 valence electrons. The van der Waals surface area contributed by atoms with Crippen molar-refractivity contribution in [2.24, 2.45) is 5.73 Å². The molecule has 12 heteroatoms. The summed E-state index contributed by atoms with van der Waals surface area (Å²) in [5.41, 5.74) is 8.97. The average Bonchev–Trinajstić information content (AvgIpc) is 3.35. The Morgan fingerprint density at radius 1 is 1.05 bits per heavy atom. The van der Waals surface area contributed by atoms with Gasteiger partial charge in [0.15, 0.2) is 12.3 Å². The SMILES string of the molecule is Cc1c(N2CC(N)C2)nc2cc3nn2c1N(C)CCN(C)C(=O)COc1ccc(Cl)cc1C(=O)N1CCCC[C@@H]31. The Morgan fingerprint density at radius 3 is 2.60 bits per heavy atom. The van der Waals surface area contributed by atoms with Crippen LogP contribution >= 0.6 is 11.6 Å². The fraction of sp³-hybridized carbons (Fsp3) is 0.500. The Kier molecular flexibility index (Phi) is 6.95. The largest absolute Gasteiger partial charge is 0.483 e. The van der Waals surface area contributed by atoms with Crippen molar-refractivity contribution in [3.8, 4) is 5.75 Å². The smallest absolute Gasteiger partial charge is 0.260 e. The van der Waals surface area contributed by atoms with Gasteiger partial charge in [0, 0.05) is 69.5 Å². The molecule has 5 heterocycles. The van der Waals surface area contributed by atoms with E-state index in [9.17, 15) is 9.59 Å². The molecule has 0 saturated carbocycles. The van der Waals surface area contributed by atoms with E-state index in [0.29, 0.717) is 36.0 Å². The van der Waals surface area contributed by atoms with E-state index in [0.717, 1.165) is 60.9 Å². The van der Waals surface area contributed by atoms with Crippen LogP contribution in [-0.2, 0) is 4.79 Å². The molecule has 1 atom stereocenters. The maximum atomic E-state index is 14.0. The number of nitrogens with two attached hydrogens (primary N) is 1. The fourth-order valence-electron chi connectivity index (χ4n) is 5.89. The van der Waals surface area contributed by atoms with Crippen molar-refractivity contribution in [2.45, 2.75) is 38.3 Å². The molecule has 3 aliphatic rings. The minimum atomic E-state index is -0.227. The first-order valence-corrected chi connectivity index (χ1v) is 14.2. The molecule has 0 aliphatic carbocycles. The molecule has 2 saturated heterocycles. The molecule has 0 unspecified atom stereocenters. The maximum absolute atomic E-state index is 14.0. The highest BCUT2D eigenvalue weighted by atomic mass is 35.5. The summed E-state index contributed by atoms with van der Waals surface area (Å²) in [6, 6.07) is 6.85. The standard InChI is InChI=1S/C28H35ClN8O3/c1-17-26(35-14-19(30)15-35)31-24-13-21-22-6-4-5-9-36(22)28(39)20-12-18(29)7-8-23(20)40-16-25(38)33(2)10-11-34(3)27(17)37(24)32-21/h7-8,12-13,19,22H,4-6,9-11,14-16,30H2,1-3H3/t22-/m0/s1. The van der Waals surface area contributed by atoms with Crippen molar-refractivity contribution in [3.05, 3.63) is 46.1 Å². The zero-order valence-corrected chi connectivity index (χ0v) is 23.9. The summed E-state index contributed by atoms with van der Waals surface area (Å²) in [6.45, 7) is 5.01. The second-order valence-electron chi connectivity index (χ2n) is 11.1. The zero-order valence-electron chi connectivity index (χ0n) is 23.1. The van der Waals surface area contributed by atoms with E-state index in [2.05, 4.69) is 16.7 Å². The van der Waals surface area contributed by atoms with Crippen LogP contribution in [0.4, 0.5) is 11.6 Å².